The van der Waals surface area contributed by atoms with Gasteiger partial charge >= 0.3 is 5.97 Å². The van der Waals surface area contributed by atoms with Gasteiger partial charge in [0.2, 0.25) is 0 Å². The van der Waals surface area contributed by atoms with E-state index in [1.54, 1.807) is 7.11 Å². The highest BCUT2D eigenvalue weighted by Gasteiger charge is 2.54. The number of esters is 1. The molecule has 0 unspecified atom stereocenters. The highest BCUT2D eigenvalue weighted by atomic mass is 16.5. The van der Waals surface area contributed by atoms with Gasteiger partial charge < -0.3 is 9.47 Å². The smallest absolute Gasteiger partial charge is 0.302 e. The largest absolute Gasteiger partial charge is 0.496 e. The summed E-state index contributed by atoms with van der Waals surface area (Å²) < 4.78 is 11.1. The number of piperazine rings is 1. The number of carbonyl (C=O) groups excluding carboxylic acids is 1. The van der Waals surface area contributed by atoms with E-state index >= 15 is 0 Å². The lowest BCUT2D eigenvalue weighted by Gasteiger charge is -2.54. The average Bonchev–Trinajstić information content (AvgIpc) is 2.92. The van der Waals surface area contributed by atoms with Crippen molar-refractivity contribution in [3.8, 4) is 11.8 Å². The van der Waals surface area contributed by atoms with Gasteiger partial charge in [-0.25, -0.2) is 0 Å². The molecular weight excluding hydrogens is 330 g/mol. The second-order valence-electron chi connectivity index (χ2n) is 7.52. The Balaban J connectivity index is 1.82. The van der Waals surface area contributed by atoms with Crippen LogP contribution in [0.15, 0.2) is 18.2 Å². The van der Waals surface area contributed by atoms with E-state index in [2.05, 4.69) is 29.0 Å². The number of fused-ring (bicyclic) bond motifs is 5. The average molecular weight is 355 g/mol. The van der Waals surface area contributed by atoms with E-state index < -0.39 is 0 Å². The Morgan fingerprint density at radius 1 is 1.31 bits per heavy atom. The Kier molecular flexibility index (Phi) is 4.37. The Labute approximate surface area is 154 Å². The summed E-state index contributed by atoms with van der Waals surface area (Å²) in [5.41, 5.74) is 2.30. The molecule has 138 valence electrons. The first-order valence-electron chi connectivity index (χ1n) is 9.25. The molecule has 2 bridgehead atoms. The molecule has 3 heterocycles. The summed E-state index contributed by atoms with van der Waals surface area (Å²) in [7, 11) is 3.81. The summed E-state index contributed by atoms with van der Waals surface area (Å²) in [6.07, 6.45) is 3.04. The van der Waals surface area contributed by atoms with Crippen LogP contribution >= 0.6 is 0 Å². The molecule has 0 saturated carbocycles. The minimum atomic E-state index is -0.297. The standard InChI is InChI=1S/C20H25N3O3/c1-12(24)26-11-18-20-13(5-4-6-19(20)25-3)9-16-14-7-8-15(22(14)2)17(10-21)23(16)18/h4-6,14-18H,7-9,11H2,1-3H3/t14-,15+,16+,17+,18+/m1/s1. The Morgan fingerprint density at radius 2 is 2.08 bits per heavy atom. The van der Waals surface area contributed by atoms with Crippen LogP contribution in [0.3, 0.4) is 0 Å². The fraction of sp³-hybridized carbons (Fsp3) is 0.600. The molecule has 5 atom stereocenters. The molecule has 26 heavy (non-hydrogen) atoms. The zero-order chi connectivity index (χ0) is 18.4. The van der Waals surface area contributed by atoms with Crippen LogP contribution in [0.2, 0.25) is 0 Å². The summed E-state index contributed by atoms with van der Waals surface area (Å²) in [6, 6.07) is 9.22. The lowest BCUT2D eigenvalue weighted by atomic mass is 9.82. The van der Waals surface area contributed by atoms with Crippen molar-refractivity contribution in [2.75, 3.05) is 20.8 Å². The van der Waals surface area contributed by atoms with E-state index in [1.165, 1.54) is 12.5 Å². The molecule has 3 aliphatic rings. The molecule has 0 spiro atoms. The van der Waals surface area contributed by atoms with Gasteiger partial charge in [-0.15, -0.1) is 0 Å². The first-order valence-corrected chi connectivity index (χ1v) is 9.25. The van der Waals surface area contributed by atoms with Crippen LogP contribution in [-0.2, 0) is 16.0 Å². The SMILES string of the molecule is COc1cccc2c1[C@H](COC(C)=O)N1[C@@H](C#N)[C@@H]3CC[C@H]([C@@H]1C2)N3C. The molecule has 0 amide bonds. The minimum Gasteiger partial charge on any atom is -0.496 e. The summed E-state index contributed by atoms with van der Waals surface area (Å²) in [6.45, 7) is 1.68. The fourth-order valence-electron chi connectivity index (χ4n) is 5.33. The Bertz CT molecular complexity index is 759. The number of likely N-dealkylation sites (N-methyl/N-ethyl adjacent to an activating group) is 1. The van der Waals surface area contributed by atoms with Crippen molar-refractivity contribution in [3.63, 3.8) is 0 Å². The van der Waals surface area contributed by atoms with Gasteiger partial charge in [0.05, 0.1) is 19.2 Å². The minimum absolute atomic E-state index is 0.148. The topological polar surface area (TPSA) is 65.8 Å². The number of hydrogen-bond donors (Lipinski definition) is 0. The monoisotopic (exact) mass is 355 g/mol. The summed E-state index contributed by atoms with van der Waals surface area (Å²) in [5.74, 6) is 0.509. The van der Waals surface area contributed by atoms with Crippen LogP contribution in [0.5, 0.6) is 5.75 Å². The zero-order valence-electron chi connectivity index (χ0n) is 15.5. The molecule has 0 aliphatic carbocycles. The predicted molar refractivity (Wildman–Crippen MR) is 95.7 cm³/mol. The van der Waals surface area contributed by atoms with Crippen LogP contribution in [0.25, 0.3) is 0 Å². The van der Waals surface area contributed by atoms with Crippen LogP contribution in [0.4, 0.5) is 0 Å². The van der Waals surface area contributed by atoms with Crippen LogP contribution < -0.4 is 4.74 Å². The van der Waals surface area contributed by atoms with Gasteiger partial charge in [0.1, 0.15) is 18.4 Å². The third kappa shape index (κ3) is 2.50. The Morgan fingerprint density at radius 3 is 2.77 bits per heavy atom. The lowest BCUT2D eigenvalue weighted by molar-refractivity contribution is -0.145. The van der Waals surface area contributed by atoms with Crippen molar-refractivity contribution in [1.82, 2.24) is 9.80 Å². The number of carbonyl (C=O) groups is 1. The van der Waals surface area contributed by atoms with E-state index in [-0.39, 0.29) is 36.7 Å². The molecule has 2 fully saturated rings. The highest BCUT2D eigenvalue weighted by Crippen LogP contribution is 2.48. The summed E-state index contributed by atoms with van der Waals surface area (Å²) in [4.78, 5) is 16.2. The van der Waals surface area contributed by atoms with E-state index in [1.807, 2.05) is 12.1 Å². The number of rotatable bonds is 3. The van der Waals surface area contributed by atoms with Gasteiger partial charge in [-0.05, 0) is 37.9 Å². The predicted octanol–water partition coefficient (Wildman–Crippen LogP) is 1.89. The molecule has 0 aromatic heterocycles. The molecule has 1 aromatic carbocycles. The number of ether oxygens (including phenoxy) is 2. The van der Waals surface area contributed by atoms with Gasteiger partial charge in [-0.3, -0.25) is 14.6 Å². The molecule has 6 heteroatoms. The van der Waals surface area contributed by atoms with Crippen molar-refractivity contribution in [3.05, 3.63) is 29.3 Å². The molecule has 4 rings (SSSR count). The van der Waals surface area contributed by atoms with Crippen LogP contribution in [0.1, 0.15) is 36.9 Å². The zero-order valence-corrected chi connectivity index (χ0v) is 15.5. The summed E-state index contributed by atoms with van der Waals surface area (Å²) >= 11 is 0. The van der Waals surface area contributed by atoms with E-state index in [0.717, 1.165) is 30.6 Å². The molecule has 2 saturated heterocycles. The number of nitriles is 1. The second kappa shape index (κ2) is 6.57. The van der Waals surface area contributed by atoms with E-state index in [0.29, 0.717) is 6.04 Å². The van der Waals surface area contributed by atoms with Crippen molar-refractivity contribution in [2.45, 2.75) is 56.4 Å². The maximum absolute atomic E-state index is 11.5. The first kappa shape index (κ1) is 17.3. The van der Waals surface area contributed by atoms with Crippen molar-refractivity contribution in [1.29, 1.82) is 5.26 Å². The first-order chi connectivity index (χ1) is 12.6. The molecule has 6 nitrogen and oxygen atoms in total. The lowest BCUT2D eigenvalue weighted by Crippen LogP contribution is -2.66. The van der Waals surface area contributed by atoms with E-state index in [9.17, 15) is 10.1 Å². The van der Waals surface area contributed by atoms with Gasteiger partial charge in [0.25, 0.3) is 0 Å². The van der Waals surface area contributed by atoms with Gasteiger partial charge in [-0.1, -0.05) is 12.1 Å². The number of hydrogen-bond acceptors (Lipinski definition) is 6. The molecule has 0 radical (unpaired) electrons. The Hall–Kier alpha value is -2.10. The molecular formula is C20H25N3O3. The summed E-state index contributed by atoms with van der Waals surface area (Å²) in [5, 5.41) is 9.98. The number of benzene rings is 1. The molecule has 1 aromatic rings. The maximum Gasteiger partial charge on any atom is 0.302 e. The van der Waals surface area contributed by atoms with Crippen molar-refractivity contribution < 1.29 is 14.3 Å². The van der Waals surface area contributed by atoms with Gasteiger partial charge in [-0.2, -0.15) is 5.26 Å². The van der Waals surface area contributed by atoms with Crippen molar-refractivity contribution in [2.24, 2.45) is 0 Å². The van der Waals surface area contributed by atoms with Crippen LogP contribution in [-0.4, -0.2) is 60.7 Å². The van der Waals surface area contributed by atoms with E-state index in [4.69, 9.17) is 9.47 Å². The molecule has 3 aliphatic heterocycles. The maximum atomic E-state index is 11.5. The molecule has 0 N–H and O–H groups in total. The van der Waals surface area contributed by atoms with Crippen LogP contribution in [0, 0.1) is 11.3 Å². The third-order valence-corrected chi connectivity index (χ3v) is 6.39. The van der Waals surface area contributed by atoms with Crippen molar-refractivity contribution >= 4 is 5.97 Å². The second-order valence-corrected chi connectivity index (χ2v) is 7.52. The highest BCUT2D eigenvalue weighted by molar-refractivity contribution is 5.66. The van der Waals surface area contributed by atoms with Gasteiger partial charge in [0, 0.05) is 30.6 Å². The fourth-order valence-corrected chi connectivity index (χ4v) is 5.33. The third-order valence-electron chi connectivity index (χ3n) is 6.39. The number of nitrogens with zero attached hydrogens (tertiary/aromatic N) is 3. The normalized spacial score (nSPS) is 33.1. The van der Waals surface area contributed by atoms with Gasteiger partial charge in [0.15, 0.2) is 0 Å². The quantitative estimate of drug-likeness (QED) is 0.772. The number of methoxy groups -OCH3 is 1.